The molecule has 2 aromatic carbocycles. The van der Waals surface area contributed by atoms with Crippen molar-refractivity contribution in [1.29, 1.82) is 0 Å². The summed E-state index contributed by atoms with van der Waals surface area (Å²) in [6.45, 7) is 2.90. The van der Waals surface area contributed by atoms with Gasteiger partial charge < -0.3 is 10.0 Å². The van der Waals surface area contributed by atoms with Gasteiger partial charge in [-0.2, -0.15) is 0 Å². The molecule has 4 nitrogen and oxygen atoms in total. The third kappa shape index (κ3) is 3.18. The summed E-state index contributed by atoms with van der Waals surface area (Å²) in [5.41, 5.74) is 3.19. The molecule has 1 atom stereocenters. The fourth-order valence-corrected chi connectivity index (χ4v) is 3.33. The molecule has 1 unspecified atom stereocenters. The zero-order valence-electron chi connectivity index (χ0n) is 13.7. The average Bonchev–Trinajstić information content (AvgIpc) is 2.60. The number of aromatic carboxylic acids is 1. The monoisotopic (exact) mass is 323 g/mol. The lowest BCUT2D eigenvalue weighted by Crippen LogP contribution is -2.36. The van der Waals surface area contributed by atoms with Crippen molar-refractivity contribution in [3.63, 3.8) is 0 Å². The highest BCUT2D eigenvalue weighted by atomic mass is 16.4. The SMILES string of the molecule is CC1CCN(C(=O)CCc2ccccc2C(=O)O)c2ccccc21. The van der Waals surface area contributed by atoms with E-state index < -0.39 is 5.97 Å². The van der Waals surface area contributed by atoms with Crippen LogP contribution in [0.15, 0.2) is 48.5 Å². The maximum absolute atomic E-state index is 12.7. The molecule has 1 aliphatic heterocycles. The highest BCUT2D eigenvalue weighted by Gasteiger charge is 2.26. The molecule has 0 saturated heterocycles. The van der Waals surface area contributed by atoms with Crippen LogP contribution in [-0.4, -0.2) is 23.5 Å². The number of nitrogens with zero attached hydrogens (tertiary/aromatic N) is 1. The number of rotatable bonds is 4. The van der Waals surface area contributed by atoms with Gasteiger partial charge in [0, 0.05) is 18.7 Å². The van der Waals surface area contributed by atoms with Crippen molar-refractivity contribution in [1.82, 2.24) is 0 Å². The van der Waals surface area contributed by atoms with E-state index in [1.807, 2.05) is 29.2 Å². The van der Waals surface area contributed by atoms with Crippen LogP contribution >= 0.6 is 0 Å². The van der Waals surface area contributed by atoms with Gasteiger partial charge in [0.25, 0.3) is 0 Å². The summed E-state index contributed by atoms with van der Waals surface area (Å²) in [6.07, 6.45) is 1.71. The normalized spacial score (nSPS) is 16.5. The molecule has 0 aromatic heterocycles. The van der Waals surface area contributed by atoms with E-state index in [-0.39, 0.29) is 11.5 Å². The van der Waals surface area contributed by atoms with Crippen molar-refractivity contribution in [2.75, 3.05) is 11.4 Å². The fourth-order valence-electron chi connectivity index (χ4n) is 3.33. The molecule has 2 aromatic rings. The van der Waals surface area contributed by atoms with Crippen LogP contribution in [0.3, 0.4) is 0 Å². The van der Waals surface area contributed by atoms with Gasteiger partial charge in [0.2, 0.25) is 5.91 Å². The Hall–Kier alpha value is -2.62. The molecule has 0 bridgehead atoms. The molecule has 1 N–H and O–H groups in total. The van der Waals surface area contributed by atoms with Gasteiger partial charge in [0.05, 0.1) is 5.56 Å². The van der Waals surface area contributed by atoms with E-state index in [1.165, 1.54) is 5.56 Å². The Morgan fingerprint density at radius 1 is 1.12 bits per heavy atom. The highest BCUT2D eigenvalue weighted by molar-refractivity contribution is 5.95. The zero-order chi connectivity index (χ0) is 17.1. The number of amides is 1. The number of hydrogen-bond acceptors (Lipinski definition) is 2. The average molecular weight is 323 g/mol. The molecule has 124 valence electrons. The molecule has 0 radical (unpaired) electrons. The number of fused-ring (bicyclic) bond motifs is 1. The molecule has 1 amide bonds. The largest absolute Gasteiger partial charge is 0.478 e. The third-order valence-electron chi connectivity index (χ3n) is 4.70. The number of carboxylic acid groups (broad SMARTS) is 1. The molecule has 24 heavy (non-hydrogen) atoms. The lowest BCUT2D eigenvalue weighted by atomic mass is 9.91. The lowest BCUT2D eigenvalue weighted by molar-refractivity contribution is -0.118. The van der Waals surface area contributed by atoms with Gasteiger partial charge in [-0.05, 0) is 42.0 Å². The number of hydrogen-bond donors (Lipinski definition) is 1. The Kier molecular flexibility index (Phi) is 4.65. The van der Waals surface area contributed by atoms with Gasteiger partial charge in [0.1, 0.15) is 0 Å². The standard InChI is InChI=1S/C20H21NO3/c1-14-12-13-21(18-9-5-4-7-16(14)18)19(22)11-10-15-6-2-3-8-17(15)20(23)24/h2-9,14H,10-13H2,1H3,(H,23,24). The predicted octanol–water partition coefficient (Wildman–Crippen LogP) is 3.86. The molecule has 0 fully saturated rings. The van der Waals surface area contributed by atoms with Crippen molar-refractivity contribution in [3.8, 4) is 0 Å². The molecule has 0 spiro atoms. The quantitative estimate of drug-likeness (QED) is 0.929. The molecule has 1 aliphatic rings. The van der Waals surface area contributed by atoms with Crippen LogP contribution < -0.4 is 4.90 Å². The van der Waals surface area contributed by atoms with Crippen LogP contribution in [0.4, 0.5) is 5.69 Å². The molecule has 4 heteroatoms. The number of carbonyl (C=O) groups is 2. The molecule has 0 aliphatic carbocycles. The molecular formula is C20H21NO3. The van der Waals surface area contributed by atoms with Crippen LogP contribution in [0.1, 0.15) is 47.2 Å². The van der Waals surface area contributed by atoms with E-state index in [0.29, 0.717) is 24.3 Å². The summed E-state index contributed by atoms with van der Waals surface area (Å²) in [6, 6.07) is 14.9. The first-order chi connectivity index (χ1) is 11.6. The number of aryl methyl sites for hydroxylation is 1. The minimum Gasteiger partial charge on any atom is -0.478 e. The first-order valence-electron chi connectivity index (χ1n) is 8.28. The van der Waals surface area contributed by atoms with Crippen molar-refractivity contribution < 1.29 is 14.7 Å². The molecule has 1 heterocycles. The van der Waals surface area contributed by atoms with Gasteiger partial charge in [-0.3, -0.25) is 4.79 Å². The topological polar surface area (TPSA) is 57.6 Å². The van der Waals surface area contributed by atoms with Crippen molar-refractivity contribution in [3.05, 3.63) is 65.2 Å². The Morgan fingerprint density at radius 3 is 2.62 bits per heavy atom. The van der Waals surface area contributed by atoms with Crippen molar-refractivity contribution in [2.24, 2.45) is 0 Å². The third-order valence-corrected chi connectivity index (χ3v) is 4.70. The fraction of sp³-hybridized carbons (Fsp3) is 0.300. The number of carboxylic acids is 1. The van der Waals surface area contributed by atoms with Crippen molar-refractivity contribution >= 4 is 17.6 Å². The maximum atomic E-state index is 12.7. The summed E-state index contributed by atoms with van der Waals surface area (Å²) < 4.78 is 0. The Morgan fingerprint density at radius 2 is 1.83 bits per heavy atom. The summed E-state index contributed by atoms with van der Waals surface area (Å²) in [5, 5.41) is 9.24. The number of para-hydroxylation sites is 1. The van der Waals surface area contributed by atoms with E-state index in [2.05, 4.69) is 13.0 Å². The van der Waals surface area contributed by atoms with Crippen LogP contribution in [0.2, 0.25) is 0 Å². The summed E-state index contributed by atoms with van der Waals surface area (Å²) in [7, 11) is 0. The predicted molar refractivity (Wildman–Crippen MR) is 93.5 cm³/mol. The minimum absolute atomic E-state index is 0.0505. The second-order valence-electron chi connectivity index (χ2n) is 6.26. The highest BCUT2D eigenvalue weighted by Crippen LogP contribution is 2.35. The summed E-state index contributed by atoms with van der Waals surface area (Å²) >= 11 is 0. The van der Waals surface area contributed by atoms with E-state index in [0.717, 1.165) is 18.7 Å². The smallest absolute Gasteiger partial charge is 0.335 e. The summed E-state index contributed by atoms with van der Waals surface area (Å²) in [5.74, 6) is -0.442. The minimum atomic E-state index is -0.949. The maximum Gasteiger partial charge on any atom is 0.335 e. The molecule has 0 saturated carbocycles. The summed E-state index contributed by atoms with van der Waals surface area (Å²) in [4.78, 5) is 25.8. The van der Waals surface area contributed by atoms with E-state index in [4.69, 9.17) is 0 Å². The zero-order valence-corrected chi connectivity index (χ0v) is 13.7. The molecular weight excluding hydrogens is 302 g/mol. The second kappa shape index (κ2) is 6.87. The first-order valence-corrected chi connectivity index (χ1v) is 8.28. The Bertz CT molecular complexity index is 769. The number of carbonyl (C=O) groups excluding carboxylic acids is 1. The number of benzene rings is 2. The molecule has 3 rings (SSSR count). The van der Waals surface area contributed by atoms with Gasteiger partial charge >= 0.3 is 5.97 Å². The first kappa shape index (κ1) is 16.2. The Labute approximate surface area is 141 Å². The Balaban J connectivity index is 1.75. The second-order valence-corrected chi connectivity index (χ2v) is 6.26. The van der Waals surface area contributed by atoms with Gasteiger partial charge in [0.15, 0.2) is 0 Å². The number of anilines is 1. The van der Waals surface area contributed by atoms with E-state index in [9.17, 15) is 14.7 Å². The van der Waals surface area contributed by atoms with Gasteiger partial charge in [-0.1, -0.05) is 43.3 Å². The van der Waals surface area contributed by atoms with Crippen LogP contribution in [0.5, 0.6) is 0 Å². The van der Waals surface area contributed by atoms with Gasteiger partial charge in [-0.15, -0.1) is 0 Å². The van der Waals surface area contributed by atoms with Crippen LogP contribution in [0.25, 0.3) is 0 Å². The van der Waals surface area contributed by atoms with E-state index in [1.54, 1.807) is 18.2 Å². The van der Waals surface area contributed by atoms with Crippen molar-refractivity contribution in [2.45, 2.75) is 32.1 Å². The van der Waals surface area contributed by atoms with Gasteiger partial charge in [-0.25, -0.2) is 4.79 Å². The van der Waals surface area contributed by atoms with Crippen LogP contribution in [0, 0.1) is 0 Å². The van der Waals surface area contributed by atoms with Crippen LogP contribution in [-0.2, 0) is 11.2 Å². The lowest BCUT2D eigenvalue weighted by Gasteiger charge is -2.33. The van der Waals surface area contributed by atoms with E-state index >= 15 is 0 Å².